The Bertz CT molecular complexity index is 1570. The van der Waals surface area contributed by atoms with Gasteiger partial charge in [0.25, 0.3) is 5.91 Å². The number of aromatic nitrogens is 5. The van der Waals surface area contributed by atoms with Crippen molar-refractivity contribution in [2.75, 3.05) is 38.6 Å². The number of nitrogens with zero attached hydrogens (tertiary/aromatic N) is 7. The zero-order valence-electron chi connectivity index (χ0n) is 23.1. The van der Waals surface area contributed by atoms with Crippen LogP contribution in [0.15, 0.2) is 50.6 Å². The second kappa shape index (κ2) is 13.5. The molecule has 1 saturated heterocycles. The smallest absolute Gasteiger partial charge is 0.292 e. The topological polar surface area (TPSA) is 168 Å². The van der Waals surface area contributed by atoms with Crippen LogP contribution in [0.4, 0.5) is 5.82 Å². The van der Waals surface area contributed by atoms with Gasteiger partial charge >= 0.3 is 0 Å². The molecule has 4 aromatic rings. The minimum absolute atomic E-state index is 0.0339. The van der Waals surface area contributed by atoms with Crippen molar-refractivity contribution in [2.45, 2.75) is 27.0 Å². The summed E-state index contributed by atoms with van der Waals surface area (Å²) in [7, 11) is 0. The quantitative estimate of drug-likeness (QED) is 0.183. The van der Waals surface area contributed by atoms with E-state index in [1.807, 2.05) is 44.2 Å². The summed E-state index contributed by atoms with van der Waals surface area (Å²) in [5.41, 5.74) is 11.8. The summed E-state index contributed by atoms with van der Waals surface area (Å²) >= 11 is 3.59. The highest BCUT2D eigenvalue weighted by atomic mass is 79.9. The average Bonchev–Trinajstić information content (AvgIpc) is 3.59. The van der Waals surface area contributed by atoms with Crippen LogP contribution in [0.3, 0.4) is 0 Å². The molecule has 0 spiro atoms. The molecular formula is C27H30BrN9O5. The number of nitrogens with one attached hydrogen (secondary N) is 1. The molecule has 0 atom stereocenters. The van der Waals surface area contributed by atoms with Crippen LogP contribution in [0.5, 0.6) is 11.5 Å². The molecule has 0 aliphatic carbocycles. The molecule has 0 bridgehead atoms. The molecule has 1 aliphatic heterocycles. The number of amides is 1. The number of benzene rings is 2. The molecule has 15 heteroatoms. The van der Waals surface area contributed by atoms with E-state index in [1.54, 1.807) is 6.07 Å². The van der Waals surface area contributed by atoms with E-state index in [-0.39, 0.29) is 17.3 Å². The maximum Gasteiger partial charge on any atom is 0.292 e. The molecule has 1 amide bonds. The number of hydrazone groups is 1. The Kier molecular flexibility index (Phi) is 9.41. The number of rotatable bonds is 11. The van der Waals surface area contributed by atoms with E-state index in [0.717, 1.165) is 11.1 Å². The number of nitrogen functional groups attached to an aromatic ring is 1. The number of morpholine rings is 1. The van der Waals surface area contributed by atoms with Gasteiger partial charge in [0.2, 0.25) is 11.6 Å². The molecule has 5 rings (SSSR count). The van der Waals surface area contributed by atoms with Crippen molar-refractivity contribution < 1.29 is 23.6 Å². The largest absolute Gasteiger partial charge is 0.490 e. The van der Waals surface area contributed by atoms with E-state index in [4.69, 9.17) is 24.6 Å². The van der Waals surface area contributed by atoms with Gasteiger partial charge < -0.3 is 19.9 Å². The molecule has 1 aliphatic rings. The molecule has 3 heterocycles. The van der Waals surface area contributed by atoms with Crippen molar-refractivity contribution in [3.8, 4) is 17.3 Å². The van der Waals surface area contributed by atoms with Gasteiger partial charge in [0.05, 0.1) is 30.5 Å². The van der Waals surface area contributed by atoms with E-state index in [9.17, 15) is 4.79 Å². The Hall–Kier alpha value is -4.34. The van der Waals surface area contributed by atoms with Crippen molar-refractivity contribution in [2.24, 2.45) is 5.10 Å². The number of carbonyl (C=O) groups is 1. The highest BCUT2D eigenvalue weighted by Crippen LogP contribution is 2.37. The molecular weight excluding hydrogens is 610 g/mol. The van der Waals surface area contributed by atoms with E-state index in [0.29, 0.717) is 73.3 Å². The maximum absolute atomic E-state index is 13.4. The van der Waals surface area contributed by atoms with Gasteiger partial charge in [-0.2, -0.15) is 9.78 Å². The van der Waals surface area contributed by atoms with Crippen LogP contribution in [0, 0.1) is 6.92 Å². The number of carbonyl (C=O) groups excluding carboxylic acids is 1. The Morgan fingerprint density at radius 1 is 1.21 bits per heavy atom. The molecule has 3 N–H and O–H groups in total. The SMILES string of the molecule is CCOc1cc(/C=N\NC(=O)c2c(CN3CCOCC3)nnn2-c2nonc2N)cc(Br)c1OCc1ccccc1C. The molecule has 2 aromatic carbocycles. The maximum atomic E-state index is 13.4. The normalized spacial score (nSPS) is 13.9. The molecule has 42 heavy (non-hydrogen) atoms. The van der Waals surface area contributed by atoms with Crippen molar-refractivity contribution in [1.29, 1.82) is 0 Å². The fourth-order valence-electron chi connectivity index (χ4n) is 4.31. The number of hydrogen-bond donors (Lipinski definition) is 2. The van der Waals surface area contributed by atoms with E-state index in [1.165, 1.54) is 10.9 Å². The van der Waals surface area contributed by atoms with Gasteiger partial charge in [-0.15, -0.1) is 5.10 Å². The number of nitrogens with two attached hydrogens (primary N) is 1. The first kappa shape index (κ1) is 29.2. The van der Waals surface area contributed by atoms with Gasteiger partial charge in [-0.25, -0.2) is 10.1 Å². The van der Waals surface area contributed by atoms with Crippen LogP contribution in [0.2, 0.25) is 0 Å². The number of halogens is 1. The Balaban J connectivity index is 1.34. The zero-order chi connectivity index (χ0) is 29.5. The Morgan fingerprint density at radius 3 is 2.76 bits per heavy atom. The van der Waals surface area contributed by atoms with Gasteiger partial charge in [-0.05, 0) is 68.9 Å². The molecule has 0 saturated carbocycles. The number of ether oxygens (including phenoxy) is 3. The first-order valence-electron chi connectivity index (χ1n) is 13.2. The van der Waals surface area contributed by atoms with Crippen LogP contribution < -0.4 is 20.6 Å². The lowest BCUT2D eigenvalue weighted by Gasteiger charge is -2.25. The van der Waals surface area contributed by atoms with Crippen LogP contribution in [-0.4, -0.2) is 75.2 Å². The van der Waals surface area contributed by atoms with Crippen molar-refractivity contribution in [3.05, 3.63) is 68.9 Å². The van der Waals surface area contributed by atoms with Gasteiger partial charge in [-0.3, -0.25) is 9.69 Å². The minimum Gasteiger partial charge on any atom is -0.490 e. The fourth-order valence-corrected chi connectivity index (χ4v) is 4.88. The highest BCUT2D eigenvalue weighted by molar-refractivity contribution is 9.10. The lowest BCUT2D eigenvalue weighted by molar-refractivity contribution is 0.0335. The van der Waals surface area contributed by atoms with Crippen molar-refractivity contribution in [1.82, 2.24) is 35.6 Å². The molecule has 2 aromatic heterocycles. The lowest BCUT2D eigenvalue weighted by atomic mass is 10.1. The summed E-state index contributed by atoms with van der Waals surface area (Å²) in [6.45, 7) is 7.70. The third-order valence-corrected chi connectivity index (χ3v) is 7.06. The lowest BCUT2D eigenvalue weighted by Crippen LogP contribution is -2.36. The summed E-state index contributed by atoms with van der Waals surface area (Å²) in [5, 5.41) is 19.8. The van der Waals surface area contributed by atoms with Crippen LogP contribution >= 0.6 is 15.9 Å². The standard InChI is InChI=1S/C27H30BrN9O5/c1-3-40-22-13-18(12-20(28)24(22)41-16-19-7-5-4-6-17(19)2)14-30-32-27(38)23-21(15-36-8-10-39-11-9-36)31-35-37(23)26-25(29)33-42-34-26/h4-7,12-14H,3,8-11,15-16H2,1-2H3,(H2,29,33)(H,32,38)/b30-14-. The molecule has 220 valence electrons. The third kappa shape index (κ3) is 6.75. The second-order valence-corrected chi connectivity index (χ2v) is 10.2. The van der Waals surface area contributed by atoms with Crippen molar-refractivity contribution >= 4 is 33.9 Å². The molecule has 1 fully saturated rings. The van der Waals surface area contributed by atoms with Crippen LogP contribution in [-0.2, 0) is 17.9 Å². The summed E-state index contributed by atoms with van der Waals surface area (Å²) in [6, 6.07) is 11.6. The van der Waals surface area contributed by atoms with Crippen LogP contribution in [0.25, 0.3) is 5.82 Å². The summed E-state index contributed by atoms with van der Waals surface area (Å²) in [4.78, 5) is 15.5. The monoisotopic (exact) mass is 639 g/mol. The second-order valence-electron chi connectivity index (χ2n) is 9.34. The first-order chi connectivity index (χ1) is 20.4. The minimum atomic E-state index is -0.566. The Morgan fingerprint density at radius 2 is 2.02 bits per heavy atom. The summed E-state index contributed by atoms with van der Waals surface area (Å²) < 4.78 is 24.0. The van der Waals surface area contributed by atoms with E-state index in [2.05, 4.69) is 52.0 Å². The predicted octanol–water partition coefficient (Wildman–Crippen LogP) is 2.88. The van der Waals surface area contributed by atoms with Crippen molar-refractivity contribution in [3.63, 3.8) is 0 Å². The highest BCUT2D eigenvalue weighted by Gasteiger charge is 2.26. The molecule has 0 radical (unpaired) electrons. The van der Waals surface area contributed by atoms with E-state index >= 15 is 0 Å². The third-order valence-electron chi connectivity index (χ3n) is 6.47. The van der Waals surface area contributed by atoms with Gasteiger partial charge in [0, 0.05) is 19.6 Å². The van der Waals surface area contributed by atoms with Crippen LogP contribution in [0.1, 0.15) is 39.8 Å². The number of hydrogen-bond acceptors (Lipinski definition) is 12. The number of anilines is 1. The fraction of sp³-hybridized carbons (Fsp3) is 0.333. The zero-order valence-corrected chi connectivity index (χ0v) is 24.7. The molecule has 14 nitrogen and oxygen atoms in total. The van der Waals surface area contributed by atoms with Gasteiger partial charge in [-0.1, -0.05) is 29.5 Å². The molecule has 0 unspecified atom stereocenters. The van der Waals surface area contributed by atoms with Gasteiger partial charge in [0.15, 0.2) is 17.2 Å². The Labute approximate surface area is 249 Å². The number of aryl methyl sites for hydroxylation is 1. The summed E-state index contributed by atoms with van der Waals surface area (Å²) in [5.74, 6) is 0.564. The first-order valence-corrected chi connectivity index (χ1v) is 14.0. The average molecular weight is 640 g/mol. The van der Waals surface area contributed by atoms with E-state index < -0.39 is 5.91 Å². The predicted molar refractivity (Wildman–Crippen MR) is 156 cm³/mol. The summed E-state index contributed by atoms with van der Waals surface area (Å²) in [6.07, 6.45) is 1.50. The van der Waals surface area contributed by atoms with Gasteiger partial charge in [0.1, 0.15) is 12.3 Å².